The predicted molar refractivity (Wildman–Crippen MR) is 92.8 cm³/mol. The largest absolute Gasteiger partial charge is 0.443 e. The van der Waals surface area contributed by atoms with E-state index in [1.165, 1.54) is 11.1 Å². The Morgan fingerprint density at radius 2 is 2.00 bits per heavy atom. The number of anilines is 1. The molecule has 5 nitrogen and oxygen atoms in total. The molecule has 0 unspecified atom stereocenters. The molecule has 1 amide bonds. The van der Waals surface area contributed by atoms with Gasteiger partial charge < -0.3 is 4.74 Å². The quantitative estimate of drug-likeness (QED) is 0.820. The summed E-state index contributed by atoms with van der Waals surface area (Å²) in [6, 6.07) is 12.5. The summed E-state index contributed by atoms with van der Waals surface area (Å²) in [6.07, 6.45) is 0.942. The Bertz CT molecular complexity index is 778. The van der Waals surface area contributed by atoms with Crippen molar-refractivity contribution >= 4 is 23.5 Å². The first-order valence-corrected chi connectivity index (χ1v) is 7.78. The average Bonchev–Trinajstić information content (AvgIpc) is 2.52. The number of ether oxygens (including phenoxy) is 1. The fraction of sp³-hybridized carbons (Fsp3) is 0.278. The molecule has 0 aliphatic carbocycles. The number of nitriles is 1. The number of amides is 1. The van der Waals surface area contributed by atoms with Crippen molar-refractivity contribution in [1.82, 2.24) is 4.98 Å². The van der Waals surface area contributed by atoms with E-state index < -0.39 is 11.7 Å². The molecule has 1 aromatic carbocycles. The third-order valence-electron chi connectivity index (χ3n) is 3.06. The van der Waals surface area contributed by atoms with Crippen LogP contribution in [0.5, 0.6) is 0 Å². The Balaban J connectivity index is 2.44. The van der Waals surface area contributed by atoms with Gasteiger partial charge in [-0.2, -0.15) is 5.26 Å². The van der Waals surface area contributed by atoms with Crippen LogP contribution in [-0.2, 0) is 11.3 Å². The van der Waals surface area contributed by atoms with Crippen LogP contribution in [0.3, 0.4) is 0 Å². The number of benzene rings is 1. The van der Waals surface area contributed by atoms with E-state index in [0.29, 0.717) is 5.02 Å². The summed E-state index contributed by atoms with van der Waals surface area (Å²) in [4.78, 5) is 18.2. The van der Waals surface area contributed by atoms with Crippen LogP contribution in [0.25, 0.3) is 0 Å². The highest BCUT2D eigenvalue weighted by atomic mass is 35.5. The number of hydrogen-bond acceptors (Lipinski definition) is 4. The molecule has 124 valence electrons. The zero-order chi connectivity index (χ0) is 17.7. The van der Waals surface area contributed by atoms with Gasteiger partial charge in [0.1, 0.15) is 11.7 Å². The molecule has 0 bridgehead atoms. The van der Waals surface area contributed by atoms with Crippen LogP contribution in [-0.4, -0.2) is 16.7 Å². The smallest absolute Gasteiger partial charge is 0.416 e. The Hall–Kier alpha value is -2.58. The molecule has 0 saturated carbocycles. The Morgan fingerprint density at radius 3 is 2.62 bits per heavy atom. The van der Waals surface area contributed by atoms with Gasteiger partial charge in [-0.15, -0.1) is 0 Å². The van der Waals surface area contributed by atoms with Crippen LogP contribution in [0.1, 0.15) is 31.9 Å². The van der Waals surface area contributed by atoms with Crippen LogP contribution in [0.15, 0.2) is 42.6 Å². The molecule has 0 N–H and O–H groups in total. The molecule has 0 radical (unpaired) electrons. The van der Waals surface area contributed by atoms with Crippen molar-refractivity contribution in [2.75, 3.05) is 4.90 Å². The topological polar surface area (TPSA) is 66.2 Å². The maximum Gasteiger partial charge on any atom is 0.416 e. The van der Waals surface area contributed by atoms with E-state index in [-0.39, 0.29) is 17.9 Å². The summed E-state index contributed by atoms with van der Waals surface area (Å²) < 4.78 is 5.46. The molecule has 1 aromatic heterocycles. The number of halogens is 1. The second kappa shape index (κ2) is 7.33. The standard InChI is InChI=1S/C18H18ClN3O2/c1-18(2,3)24-17(23)22(12-14-7-4-5-9-15(14)19)16-13(11-20)8-6-10-21-16/h4-10H,12H2,1-3H3. The number of rotatable bonds is 3. The number of aromatic nitrogens is 1. The lowest BCUT2D eigenvalue weighted by Crippen LogP contribution is -2.37. The lowest BCUT2D eigenvalue weighted by atomic mass is 10.2. The van der Waals surface area contributed by atoms with E-state index in [2.05, 4.69) is 4.98 Å². The van der Waals surface area contributed by atoms with Crippen LogP contribution in [0.4, 0.5) is 10.6 Å². The SMILES string of the molecule is CC(C)(C)OC(=O)N(Cc1ccccc1Cl)c1ncccc1C#N. The Kier molecular flexibility index (Phi) is 5.42. The lowest BCUT2D eigenvalue weighted by molar-refractivity contribution is 0.0576. The van der Waals surface area contributed by atoms with Crippen LogP contribution >= 0.6 is 11.6 Å². The third kappa shape index (κ3) is 4.46. The molecule has 6 heteroatoms. The fourth-order valence-corrected chi connectivity index (χ4v) is 2.23. The van der Waals surface area contributed by atoms with E-state index >= 15 is 0 Å². The van der Waals surface area contributed by atoms with Crippen molar-refractivity contribution in [1.29, 1.82) is 5.26 Å². The number of pyridine rings is 1. The first-order chi connectivity index (χ1) is 11.3. The highest BCUT2D eigenvalue weighted by Gasteiger charge is 2.26. The summed E-state index contributed by atoms with van der Waals surface area (Å²) in [5.41, 5.74) is 0.354. The van der Waals surface area contributed by atoms with Gasteiger partial charge >= 0.3 is 6.09 Å². The maximum absolute atomic E-state index is 12.7. The first-order valence-electron chi connectivity index (χ1n) is 7.41. The fourth-order valence-electron chi connectivity index (χ4n) is 2.04. The van der Waals surface area contributed by atoms with Crippen molar-refractivity contribution in [3.05, 3.63) is 58.7 Å². The Morgan fingerprint density at radius 1 is 1.29 bits per heavy atom. The van der Waals surface area contributed by atoms with Gasteiger partial charge in [0.25, 0.3) is 0 Å². The van der Waals surface area contributed by atoms with Crippen molar-refractivity contribution in [3.63, 3.8) is 0 Å². The van der Waals surface area contributed by atoms with Gasteiger partial charge in [0, 0.05) is 11.2 Å². The number of hydrogen-bond donors (Lipinski definition) is 0. The van der Waals surface area contributed by atoms with Gasteiger partial charge in [0.05, 0.1) is 12.1 Å². The molecular weight excluding hydrogens is 326 g/mol. The van der Waals surface area contributed by atoms with Gasteiger partial charge in [-0.05, 0) is 44.5 Å². The van der Waals surface area contributed by atoms with E-state index in [1.807, 2.05) is 24.3 Å². The molecule has 1 heterocycles. The minimum absolute atomic E-state index is 0.153. The van der Waals surface area contributed by atoms with E-state index in [1.54, 1.807) is 39.0 Å². The molecule has 0 atom stereocenters. The molecule has 0 saturated heterocycles. The van der Waals surface area contributed by atoms with Crippen molar-refractivity contribution in [2.45, 2.75) is 32.9 Å². The average molecular weight is 344 g/mol. The molecule has 2 aromatic rings. The molecule has 0 fully saturated rings. The molecule has 0 aliphatic rings. The van der Waals surface area contributed by atoms with Gasteiger partial charge in [-0.25, -0.2) is 9.78 Å². The number of carbonyl (C=O) groups is 1. The van der Waals surface area contributed by atoms with E-state index in [9.17, 15) is 10.1 Å². The molecule has 2 rings (SSSR count). The van der Waals surface area contributed by atoms with Crippen LogP contribution in [0, 0.1) is 11.3 Å². The highest BCUT2D eigenvalue weighted by Crippen LogP contribution is 2.24. The number of carbonyl (C=O) groups excluding carboxylic acids is 1. The second-order valence-corrected chi connectivity index (χ2v) is 6.55. The predicted octanol–water partition coefficient (Wildman–Crippen LogP) is 4.55. The second-order valence-electron chi connectivity index (χ2n) is 6.14. The summed E-state index contributed by atoms with van der Waals surface area (Å²) in [5, 5.41) is 9.84. The lowest BCUT2D eigenvalue weighted by Gasteiger charge is -2.27. The number of nitrogens with zero attached hydrogens (tertiary/aromatic N) is 3. The van der Waals surface area contributed by atoms with Crippen molar-refractivity contribution in [2.24, 2.45) is 0 Å². The Labute approximate surface area is 146 Å². The molecule has 0 aliphatic heterocycles. The molecule has 0 spiro atoms. The van der Waals surface area contributed by atoms with Gasteiger partial charge in [0.15, 0.2) is 5.82 Å². The zero-order valence-corrected chi connectivity index (χ0v) is 14.5. The minimum Gasteiger partial charge on any atom is -0.443 e. The molecular formula is C18H18ClN3O2. The highest BCUT2D eigenvalue weighted by molar-refractivity contribution is 6.31. The van der Waals surface area contributed by atoms with Crippen molar-refractivity contribution in [3.8, 4) is 6.07 Å². The van der Waals surface area contributed by atoms with Gasteiger partial charge in [0.2, 0.25) is 0 Å². The summed E-state index contributed by atoms with van der Waals surface area (Å²) in [7, 11) is 0. The first kappa shape index (κ1) is 17.8. The van der Waals surface area contributed by atoms with Crippen LogP contribution < -0.4 is 4.90 Å². The van der Waals surface area contributed by atoms with Gasteiger partial charge in [-0.1, -0.05) is 29.8 Å². The van der Waals surface area contributed by atoms with E-state index in [4.69, 9.17) is 16.3 Å². The van der Waals surface area contributed by atoms with Gasteiger partial charge in [-0.3, -0.25) is 4.90 Å². The van der Waals surface area contributed by atoms with E-state index in [0.717, 1.165) is 5.56 Å². The summed E-state index contributed by atoms with van der Waals surface area (Å²) in [5.74, 6) is 0.245. The normalized spacial score (nSPS) is 10.8. The zero-order valence-electron chi connectivity index (χ0n) is 13.8. The van der Waals surface area contributed by atoms with Crippen molar-refractivity contribution < 1.29 is 9.53 Å². The maximum atomic E-state index is 12.7. The van der Waals surface area contributed by atoms with Crippen LogP contribution in [0.2, 0.25) is 5.02 Å². The summed E-state index contributed by atoms with van der Waals surface area (Å²) in [6.45, 7) is 5.49. The third-order valence-corrected chi connectivity index (χ3v) is 3.43. The molecule has 24 heavy (non-hydrogen) atoms. The monoisotopic (exact) mass is 343 g/mol. The summed E-state index contributed by atoms with van der Waals surface area (Å²) >= 11 is 6.20. The minimum atomic E-state index is -0.669.